The minimum atomic E-state index is -0.669. The molecule has 0 aliphatic carbocycles. The van der Waals surface area contributed by atoms with E-state index in [0.29, 0.717) is 29.6 Å². The molecule has 2 N–H and O–H groups in total. The van der Waals surface area contributed by atoms with E-state index < -0.39 is 6.10 Å². The number of thiazole rings is 1. The zero-order valence-electron chi connectivity index (χ0n) is 16.1. The standard InChI is InChI=1S/C21H23N3O4S/c1-2-13-9-16(11-22-10-13)20(26)24-21-23-17(15-5-8-28-12-15)19(29-21)18(25)14-3-6-27-7-4-14/h5,8-12,14,18,25H,2-4,6-7H2,1H3,(H,23,24,26). The molecule has 1 amide bonds. The number of ether oxygens (including phenoxy) is 1. The molecule has 0 radical (unpaired) electrons. The van der Waals surface area contributed by atoms with Gasteiger partial charge >= 0.3 is 0 Å². The fourth-order valence-corrected chi connectivity index (χ4v) is 4.47. The average Bonchev–Trinajstić information content (AvgIpc) is 3.44. The van der Waals surface area contributed by atoms with Crippen LogP contribution < -0.4 is 5.32 Å². The smallest absolute Gasteiger partial charge is 0.259 e. The van der Waals surface area contributed by atoms with Crippen LogP contribution in [-0.2, 0) is 11.2 Å². The number of rotatable bonds is 6. The van der Waals surface area contributed by atoms with Gasteiger partial charge in [-0.25, -0.2) is 4.98 Å². The highest BCUT2D eigenvalue weighted by Crippen LogP contribution is 2.41. The van der Waals surface area contributed by atoms with Crippen molar-refractivity contribution in [2.45, 2.75) is 32.3 Å². The Morgan fingerprint density at radius 1 is 1.38 bits per heavy atom. The molecule has 152 valence electrons. The van der Waals surface area contributed by atoms with E-state index in [1.54, 1.807) is 24.8 Å². The molecular weight excluding hydrogens is 390 g/mol. The monoisotopic (exact) mass is 413 g/mol. The van der Waals surface area contributed by atoms with Crippen LogP contribution >= 0.6 is 11.3 Å². The van der Waals surface area contributed by atoms with Crippen LogP contribution in [0.25, 0.3) is 11.3 Å². The zero-order valence-corrected chi connectivity index (χ0v) is 16.9. The van der Waals surface area contributed by atoms with Crippen molar-refractivity contribution in [1.29, 1.82) is 0 Å². The summed E-state index contributed by atoms with van der Waals surface area (Å²) in [7, 11) is 0. The molecule has 1 unspecified atom stereocenters. The summed E-state index contributed by atoms with van der Waals surface area (Å²) in [5.41, 5.74) is 2.89. The normalized spacial score (nSPS) is 15.9. The number of nitrogens with zero attached hydrogens (tertiary/aromatic N) is 2. The van der Waals surface area contributed by atoms with Gasteiger partial charge in [0, 0.05) is 31.2 Å². The molecule has 8 heteroatoms. The van der Waals surface area contributed by atoms with E-state index in [9.17, 15) is 9.90 Å². The van der Waals surface area contributed by atoms with E-state index in [4.69, 9.17) is 9.15 Å². The maximum atomic E-state index is 12.7. The third-order valence-corrected chi connectivity index (χ3v) is 6.16. The number of pyridine rings is 1. The Morgan fingerprint density at radius 3 is 2.93 bits per heavy atom. The molecule has 1 fully saturated rings. The lowest BCUT2D eigenvalue weighted by molar-refractivity contribution is 0.00866. The topological polar surface area (TPSA) is 97.5 Å². The second kappa shape index (κ2) is 8.86. The molecule has 3 aromatic rings. The van der Waals surface area contributed by atoms with Crippen molar-refractivity contribution in [1.82, 2.24) is 9.97 Å². The van der Waals surface area contributed by atoms with E-state index in [-0.39, 0.29) is 11.8 Å². The Kier molecular flexibility index (Phi) is 6.03. The molecule has 0 aromatic carbocycles. The van der Waals surface area contributed by atoms with E-state index in [2.05, 4.69) is 15.3 Å². The second-order valence-electron chi connectivity index (χ2n) is 7.03. The number of carbonyl (C=O) groups excluding carboxylic acids is 1. The predicted octanol–water partition coefficient (Wildman–Crippen LogP) is 4.07. The molecule has 29 heavy (non-hydrogen) atoms. The average molecular weight is 413 g/mol. The number of anilines is 1. The molecule has 7 nitrogen and oxygen atoms in total. The zero-order chi connectivity index (χ0) is 20.2. The summed E-state index contributed by atoms with van der Waals surface area (Å²) in [6, 6.07) is 3.63. The summed E-state index contributed by atoms with van der Waals surface area (Å²) < 4.78 is 10.6. The first-order chi connectivity index (χ1) is 14.2. The fourth-order valence-electron chi connectivity index (χ4n) is 3.41. The van der Waals surface area contributed by atoms with Gasteiger partial charge in [-0.15, -0.1) is 0 Å². The number of carbonyl (C=O) groups is 1. The van der Waals surface area contributed by atoms with Gasteiger partial charge in [-0.05, 0) is 42.9 Å². The summed E-state index contributed by atoms with van der Waals surface area (Å²) >= 11 is 1.30. The predicted molar refractivity (Wildman–Crippen MR) is 110 cm³/mol. The first-order valence-electron chi connectivity index (χ1n) is 9.70. The van der Waals surface area contributed by atoms with Crippen LogP contribution in [0.15, 0.2) is 41.5 Å². The summed E-state index contributed by atoms with van der Waals surface area (Å²) in [5.74, 6) is -0.170. The molecule has 1 aliphatic heterocycles. The first kappa shape index (κ1) is 19.8. The lowest BCUT2D eigenvalue weighted by Gasteiger charge is -2.26. The quantitative estimate of drug-likeness (QED) is 0.632. The van der Waals surface area contributed by atoms with E-state index >= 15 is 0 Å². The van der Waals surface area contributed by atoms with Crippen molar-refractivity contribution in [2.24, 2.45) is 5.92 Å². The highest BCUT2D eigenvalue weighted by atomic mass is 32.1. The van der Waals surface area contributed by atoms with Crippen molar-refractivity contribution >= 4 is 22.4 Å². The Hall–Kier alpha value is -2.55. The molecule has 0 bridgehead atoms. The van der Waals surface area contributed by atoms with Gasteiger partial charge in [0.05, 0.1) is 34.8 Å². The summed E-state index contributed by atoms with van der Waals surface area (Å²) in [6.45, 7) is 3.30. The van der Waals surface area contributed by atoms with Gasteiger partial charge in [-0.1, -0.05) is 18.3 Å². The van der Waals surface area contributed by atoms with E-state index in [1.165, 1.54) is 17.5 Å². The SMILES string of the molecule is CCc1cncc(C(=O)Nc2nc(-c3ccoc3)c(C(O)C3CCOCC3)s2)c1. The number of nitrogens with one attached hydrogen (secondary N) is 1. The van der Waals surface area contributed by atoms with Crippen molar-refractivity contribution in [3.8, 4) is 11.3 Å². The highest BCUT2D eigenvalue weighted by Gasteiger charge is 2.29. The van der Waals surface area contributed by atoms with Crippen molar-refractivity contribution in [3.63, 3.8) is 0 Å². The summed E-state index contributed by atoms with van der Waals surface area (Å²) in [6.07, 6.45) is 8.17. The van der Waals surface area contributed by atoms with Gasteiger partial charge in [0.25, 0.3) is 5.91 Å². The largest absolute Gasteiger partial charge is 0.472 e. The Morgan fingerprint density at radius 2 is 2.21 bits per heavy atom. The molecule has 0 spiro atoms. The number of amides is 1. The number of aryl methyl sites for hydroxylation is 1. The van der Waals surface area contributed by atoms with Crippen molar-refractivity contribution < 1.29 is 19.1 Å². The lowest BCUT2D eigenvalue weighted by Crippen LogP contribution is -2.21. The van der Waals surface area contributed by atoms with E-state index in [0.717, 1.165) is 35.3 Å². The van der Waals surface area contributed by atoms with Crippen LogP contribution in [0.5, 0.6) is 0 Å². The Bertz CT molecular complexity index is 964. The van der Waals surface area contributed by atoms with Crippen LogP contribution in [0.4, 0.5) is 5.13 Å². The number of aromatic nitrogens is 2. The molecule has 3 aromatic heterocycles. The van der Waals surface area contributed by atoms with Crippen molar-refractivity contribution in [3.05, 3.63) is 53.1 Å². The molecule has 1 aliphatic rings. The number of aliphatic hydroxyl groups excluding tert-OH is 1. The van der Waals surface area contributed by atoms with Gasteiger partial charge in [0.2, 0.25) is 0 Å². The van der Waals surface area contributed by atoms with Gasteiger partial charge in [-0.2, -0.15) is 0 Å². The van der Waals surface area contributed by atoms with Gasteiger partial charge < -0.3 is 14.3 Å². The van der Waals surface area contributed by atoms with Gasteiger partial charge in [-0.3, -0.25) is 15.1 Å². The minimum Gasteiger partial charge on any atom is -0.472 e. The number of furan rings is 1. The molecule has 0 saturated carbocycles. The van der Waals surface area contributed by atoms with Crippen LogP contribution in [0.1, 0.15) is 46.7 Å². The highest BCUT2D eigenvalue weighted by molar-refractivity contribution is 7.16. The number of hydrogen-bond donors (Lipinski definition) is 2. The summed E-state index contributed by atoms with van der Waals surface area (Å²) in [4.78, 5) is 22.1. The molecule has 1 atom stereocenters. The Labute approximate surface area is 172 Å². The number of hydrogen-bond acceptors (Lipinski definition) is 7. The van der Waals surface area contributed by atoms with E-state index in [1.807, 2.05) is 13.0 Å². The third-order valence-electron chi connectivity index (χ3n) is 5.11. The fraction of sp³-hybridized carbons (Fsp3) is 0.381. The molecule has 4 rings (SSSR count). The van der Waals surface area contributed by atoms with Crippen LogP contribution in [-0.4, -0.2) is 34.2 Å². The molecular formula is C21H23N3O4S. The molecule has 1 saturated heterocycles. The second-order valence-corrected chi connectivity index (χ2v) is 8.06. The summed E-state index contributed by atoms with van der Waals surface area (Å²) in [5, 5.41) is 14.3. The van der Waals surface area contributed by atoms with Crippen LogP contribution in [0.3, 0.4) is 0 Å². The van der Waals surface area contributed by atoms with Gasteiger partial charge in [0.15, 0.2) is 5.13 Å². The lowest BCUT2D eigenvalue weighted by atomic mass is 9.92. The Balaban J connectivity index is 1.61. The third kappa shape index (κ3) is 4.39. The number of aliphatic hydroxyl groups is 1. The maximum absolute atomic E-state index is 12.7. The maximum Gasteiger partial charge on any atom is 0.259 e. The van der Waals surface area contributed by atoms with Crippen LogP contribution in [0, 0.1) is 5.92 Å². The molecule has 4 heterocycles. The first-order valence-corrected chi connectivity index (χ1v) is 10.5. The van der Waals surface area contributed by atoms with Crippen molar-refractivity contribution in [2.75, 3.05) is 18.5 Å². The van der Waals surface area contributed by atoms with Crippen LogP contribution in [0.2, 0.25) is 0 Å². The minimum absolute atomic E-state index is 0.101. The van der Waals surface area contributed by atoms with Gasteiger partial charge in [0.1, 0.15) is 0 Å².